The van der Waals surface area contributed by atoms with Gasteiger partial charge < -0.3 is 5.32 Å². The van der Waals surface area contributed by atoms with Crippen LogP contribution >= 0.6 is 10.2 Å². The van der Waals surface area contributed by atoms with Crippen molar-refractivity contribution in [3.05, 3.63) is 72.4 Å². The van der Waals surface area contributed by atoms with Gasteiger partial charge in [-0.1, -0.05) is 37.6 Å². The molecule has 0 radical (unpaired) electrons. The molecule has 0 unspecified atom stereocenters. The van der Waals surface area contributed by atoms with Crippen LogP contribution in [0.2, 0.25) is 0 Å². The molecular formula is C26H26F5N3O2S2. The number of aryl methyl sites for hydroxylation is 1. The molecule has 0 bridgehead atoms. The lowest BCUT2D eigenvalue weighted by molar-refractivity contribution is 0.364. The second kappa shape index (κ2) is 8.44. The molecule has 2 N–H and O–H groups in total. The van der Waals surface area contributed by atoms with Crippen LogP contribution in [0, 0.1) is 6.92 Å². The molecule has 1 aliphatic carbocycles. The summed E-state index contributed by atoms with van der Waals surface area (Å²) in [6.07, 6.45) is 1.72. The highest BCUT2D eigenvalue weighted by Crippen LogP contribution is 3.02. The predicted molar refractivity (Wildman–Crippen MR) is 141 cm³/mol. The SMILES string of the molecule is Cc1[nH]nc2ccc(-c3ccc(S(=O)(=O)C4CCC(Nc5ccc(S(F)(F)(F)(F)F)cc5)CC4)cc3)cc12. The number of nitrogens with zero attached hydrogens (tertiary/aromatic N) is 1. The molecule has 1 aromatic heterocycles. The van der Waals surface area contributed by atoms with Crippen LogP contribution in [0.3, 0.4) is 0 Å². The van der Waals surface area contributed by atoms with E-state index in [1.807, 2.05) is 25.1 Å². The Hall–Kier alpha value is -3.12. The van der Waals surface area contributed by atoms with E-state index in [0.29, 0.717) is 37.8 Å². The number of hydrogen-bond acceptors (Lipinski definition) is 4. The minimum absolute atomic E-state index is 0.170. The van der Waals surface area contributed by atoms with Crippen LogP contribution in [0.4, 0.5) is 25.1 Å². The van der Waals surface area contributed by atoms with Gasteiger partial charge in [0.05, 0.1) is 15.7 Å². The largest absolute Gasteiger partial charge is 0.382 e. The monoisotopic (exact) mass is 571 g/mol. The lowest BCUT2D eigenvalue weighted by atomic mass is 9.95. The van der Waals surface area contributed by atoms with Gasteiger partial charge in [-0.15, -0.1) is 0 Å². The summed E-state index contributed by atoms with van der Waals surface area (Å²) in [5.74, 6) is 0. The van der Waals surface area contributed by atoms with Crippen molar-refractivity contribution in [2.45, 2.75) is 53.7 Å². The standard InChI is InChI=1S/C26H26F5N3O2S2/c1-17-25-16-19(4-15-26(25)34-33-17)18-2-9-22(10-3-18)37(35,36)23-11-5-20(6-12-23)32-21-7-13-24(14-8-21)38(27,28,29,30)31/h2-4,7-10,13-16,20,23,32H,5-6,11-12H2,1H3,(H,33,34). The average Bonchev–Trinajstić information content (AvgIpc) is 3.23. The van der Waals surface area contributed by atoms with Gasteiger partial charge in [0.1, 0.15) is 4.90 Å². The third-order valence-corrected chi connectivity index (χ3v) is 10.5. The summed E-state index contributed by atoms with van der Waals surface area (Å²) >= 11 is 0. The molecule has 0 spiro atoms. The summed E-state index contributed by atoms with van der Waals surface area (Å²) in [5, 5.41) is 10.6. The maximum Gasteiger partial charge on any atom is 0.310 e. The number of H-pyrrole nitrogens is 1. The number of benzene rings is 3. The van der Waals surface area contributed by atoms with Crippen molar-refractivity contribution >= 4 is 36.7 Å². The molecule has 0 saturated heterocycles. The molecule has 38 heavy (non-hydrogen) atoms. The maximum absolute atomic E-state index is 13.3. The first-order valence-corrected chi connectivity index (χ1v) is 15.5. The number of aromatic amines is 1. The zero-order valence-electron chi connectivity index (χ0n) is 20.3. The highest BCUT2D eigenvalue weighted by molar-refractivity contribution is 8.45. The van der Waals surface area contributed by atoms with E-state index in [1.165, 1.54) is 0 Å². The Bertz CT molecular complexity index is 1600. The lowest BCUT2D eigenvalue weighted by Crippen LogP contribution is -2.32. The smallest absolute Gasteiger partial charge is 0.310 e. The van der Waals surface area contributed by atoms with Crippen molar-refractivity contribution in [1.29, 1.82) is 0 Å². The normalized spacial score (nSPS) is 20.6. The van der Waals surface area contributed by atoms with Gasteiger partial charge in [0.2, 0.25) is 0 Å². The van der Waals surface area contributed by atoms with Gasteiger partial charge in [0, 0.05) is 22.8 Å². The summed E-state index contributed by atoms with van der Waals surface area (Å²) in [7, 11) is -13.3. The van der Waals surface area contributed by atoms with Crippen LogP contribution in [0.15, 0.2) is 76.5 Å². The number of anilines is 1. The number of hydrogen-bond donors (Lipinski definition) is 2. The second-order valence-electron chi connectivity index (χ2n) is 9.76. The summed E-state index contributed by atoms with van der Waals surface area (Å²) in [6.45, 7) is 1.94. The molecule has 0 atom stereocenters. The zero-order chi connectivity index (χ0) is 27.4. The predicted octanol–water partition coefficient (Wildman–Crippen LogP) is 8.39. The van der Waals surface area contributed by atoms with E-state index >= 15 is 0 Å². The molecule has 3 aromatic carbocycles. The third-order valence-electron chi connectivity index (χ3n) is 7.04. The van der Waals surface area contributed by atoms with Crippen LogP contribution in [0.1, 0.15) is 31.4 Å². The minimum atomic E-state index is -9.71. The van der Waals surface area contributed by atoms with E-state index in [0.717, 1.165) is 39.9 Å². The Labute approximate surface area is 217 Å². The van der Waals surface area contributed by atoms with Crippen molar-refractivity contribution in [2.75, 3.05) is 5.32 Å². The maximum atomic E-state index is 13.3. The van der Waals surface area contributed by atoms with Gasteiger partial charge in [-0.05, 0) is 92.3 Å². The van der Waals surface area contributed by atoms with E-state index in [4.69, 9.17) is 0 Å². The number of aromatic nitrogens is 2. The van der Waals surface area contributed by atoms with Crippen LogP contribution in [-0.2, 0) is 9.84 Å². The van der Waals surface area contributed by atoms with Crippen molar-refractivity contribution in [3.8, 4) is 11.1 Å². The number of nitrogens with one attached hydrogen (secondary N) is 2. The minimum Gasteiger partial charge on any atom is -0.382 e. The Balaban J connectivity index is 1.23. The van der Waals surface area contributed by atoms with Crippen molar-refractivity contribution in [2.24, 2.45) is 0 Å². The van der Waals surface area contributed by atoms with Crippen LogP contribution < -0.4 is 5.32 Å². The first-order valence-electron chi connectivity index (χ1n) is 12.0. The number of sulfone groups is 1. The van der Waals surface area contributed by atoms with E-state index in [2.05, 4.69) is 15.5 Å². The Morgan fingerprint density at radius 3 is 2.05 bits per heavy atom. The quantitative estimate of drug-likeness (QED) is 0.228. The van der Waals surface area contributed by atoms with Gasteiger partial charge in [-0.25, -0.2) is 8.42 Å². The van der Waals surface area contributed by atoms with Crippen molar-refractivity contribution in [3.63, 3.8) is 0 Å². The molecule has 204 valence electrons. The molecule has 1 saturated carbocycles. The first-order chi connectivity index (χ1) is 17.6. The molecule has 1 fully saturated rings. The molecule has 5 rings (SSSR count). The fourth-order valence-corrected chi connectivity index (χ4v) is 7.35. The molecule has 1 aliphatic rings. The van der Waals surface area contributed by atoms with Crippen molar-refractivity contribution in [1.82, 2.24) is 10.2 Å². The fourth-order valence-electron chi connectivity index (χ4n) is 4.91. The van der Waals surface area contributed by atoms with E-state index in [-0.39, 0.29) is 16.6 Å². The fraction of sp³-hybridized carbons (Fsp3) is 0.269. The highest BCUT2D eigenvalue weighted by atomic mass is 32.5. The summed E-state index contributed by atoms with van der Waals surface area (Å²) in [6, 6.07) is 15.2. The molecule has 0 aliphatic heterocycles. The average molecular weight is 572 g/mol. The lowest BCUT2D eigenvalue weighted by Gasteiger charge is -2.40. The van der Waals surface area contributed by atoms with Gasteiger partial charge in [-0.3, -0.25) is 5.10 Å². The highest BCUT2D eigenvalue weighted by Gasteiger charge is 2.65. The summed E-state index contributed by atoms with van der Waals surface area (Å²) < 4.78 is 91.1. The number of fused-ring (bicyclic) bond motifs is 1. The molecule has 5 nitrogen and oxygen atoms in total. The Morgan fingerprint density at radius 1 is 0.842 bits per heavy atom. The first kappa shape index (κ1) is 26.5. The van der Waals surface area contributed by atoms with E-state index < -0.39 is 30.2 Å². The van der Waals surface area contributed by atoms with E-state index in [9.17, 15) is 27.8 Å². The number of rotatable bonds is 6. The van der Waals surface area contributed by atoms with Gasteiger partial charge in [0.25, 0.3) is 0 Å². The Morgan fingerprint density at radius 2 is 1.45 bits per heavy atom. The molecule has 0 amide bonds. The summed E-state index contributed by atoms with van der Waals surface area (Å²) in [4.78, 5) is -1.70. The van der Waals surface area contributed by atoms with Crippen molar-refractivity contribution < 1.29 is 27.8 Å². The van der Waals surface area contributed by atoms with E-state index in [1.54, 1.807) is 24.3 Å². The number of halogens is 5. The molecular weight excluding hydrogens is 545 g/mol. The zero-order valence-corrected chi connectivity index (χ0v) is 21.9. The molecule has 12 heteroatoms. The molecule has 1 heterocycles. The second-order valence-corrected chi connectivity index (χ2v) is 14.4. The van der Waals surface area contributed by atoms with Crippen LogP contribution in [-0.4, -0.2) is 29.9 Å². The van der Waals surface area contributed by atoms with Crippen LogP contribution in [0.5, 0.6) is 0 Å². The topological polar surface area (TPSA) is 74.8 Å². The van der Waals surface area contributed by atoms with Gasteiger partial charge >= 0.3 is 10.2 Å². The van der Waals surface area contributed by atoms with Gasteiger partial charge in [0.15, 0.2) is 9.84 Å². The van der Waals surface area contributed by atoms with Gasteiger partial charge in [-0.2, -0.15) is 5.10 Å². The summed E-state index contributed by atoms with van der Waals surface area (Å²) in [5.41, 5.74) is 3.92. The third kappa shape index (κ3) is 5.37. The molecule has 4 aromatic rings. The Kier molecular flexibility index (Phi) is 5.88. The van der Waals surface area contributed by atoms with Crippen LogP contribution in [0.25, 0.3) is 22.0 Å².